The van der Waals surface area contributed by atoms with Crippen LogP contribution in [0.2, 0.25) is 0 Å². The Kier molecular flexibility index (Phi) is 9.65. The molecule has 4 aromatic carbocycles. The summed E-state index contributed by atoms with van der Waals surface area (Å²) >= 11 is 0. The second kappa shape index (κ2) is 14.9. The monoisotopic (exact) mass is 757 g/mol. The number of benzene rings is 4. The molecule has 56 heavy (non-hydrogen) atoms. The Bertz CT molecular complexity index is 2160. The number of hydrogen-bond acceptors (Lipinski definition) is 8. The van der Waals surface area contributed by atoms with Gasteiger partial charge < -0.3 is 24.5 Å². The van der Waals surface area contributed by atoms with Crippen molar-refractivity contribution in [3.05, 3.63) is 118 Å². The van der Waals surface area contributed by atoms with E-state index in [2.05, 4.69) is 50.3 Å². The van der Waals surface area contributed by atoms with Crippen LogP contribution in [0.25, 0.3) is 0 Å². The fourth-order valence-electron chi connectivity index (χ4n) is 9.57. The number of carbonyl (C=O) groups excluding carboxylic acids is 3. The van der Waals surface area contributed by atoms with E-state index in [1.807, 2.05) is 30.3 Å². The van der Waals surface area contributed by atoms with E-state index in [0.717, 1.165) is 81.0 Å². The Morgan fingerprint density at radius 3 is 2.29 bits per heavy atom. The number of halogens is 1. The van der Waals surface area contributed by atoms with Crippen LogP contribution in [-0.4, -0.2) is 91.1 Å². The molecule has 5 aliphatic rings. The quantitative estimate of drug-likeness (QED) is 0.223. The SMILES string of the molecule is Cc1cc(C2COc3cc(O)ccc3C2c2ccc(N3CCC(CN4CCN(c5ccc6c(c5)CN(C5CCC(=O)NC5=O)C6=O)CC4)CC3)cc2)ccc1F. The summed E-state index contributed by atoms with van der Waals surface area (Å²) in [5, 5.41) is 12.5. The number of imide groups is 1. The predicted molar refractivity (Wildman–Crippen MR) is 212 cm³/mol. The maximum atomic E-state index is 14.2. The summed E-state index contributed by atoms with van der Waals surface area (Å²) in [6.07, 6.45) is 2.91. The summed E-state index contributed by atoms with van der Waals surface area (Å²) in [4.78, 5) is 46.3. The molecular weight excluding hydrogens is 710 g/mol. The van der Waals surface area contributed by atoms with Crippen LogP contribution in [0.3, 0.4) is 0 Å². The average molecular weight is 758 g/mol. The van der Waals surface area contributed by atoms with Gasteiger partial charge in [0.2, 0.25) is 11.8 Å². The number of hydrogen-bond donors (Lipinski definition) is 2. The van der Waals surface area contributed by atoms with Gasteiger partial charge in [0.25, 0.3) is 5.91 Å². The number of piperazine rings is 1. The van der Waals surface area contributed by atoms with Gasteiger partial charge in [0.15, 0.2) is 0 Å². The molecule has 10 nitrogen and oxygen atoms in total. The predicted octanol–water partition coefficient (Wildman–Crippen LogP) is 5.95. The highest BCUT2D eigenvalue weighted by Gasteiger charge is 2.39. The van der Waals surface area contributed by atoms with Crippen molar-refractivity contribution in [2.75, 3.05) is 62.2 Å². The number of anilines is 2. The molecule has 0 spiro atoms. The highest BCUT2D eigenvalue weighted by atomic mass is 19.1. The van der Waals surface area contributed by atoms with E-state index in [-0.39, 0.29) is 47.5 Å². The van der Waals surface area contributed by atoms with Gasteiger partial charge in [-0.3, -0.25) is 24.6 Å². The molecule has 5 aliphatic heterocycles. The molecule has 0 saturated carbocycles. The Labute approximate surface area is 326 Å². The van der Waals surface area contributed by atoms with Crippen LogP contribution in [0.1, 0.15) is 75.7 Å². The number of nitrogens with one attached hydrogen (secondary N) is 1. The van der Waals surface area contributed by atoms with Crippen LogP contribution in [0.5, 0.6) is 11.5 Å². The number of aryl methyl sites for hydroxylation is 1. The number of fused-ring (bicyclic) bond motifs is 2. The molecule has 0 aliphatic carbocycles. The molecule has 0 bridgehead atoms. The Balaban J connectivity index is 0.788. The number of nitrogens with zero attached hydrogens (tertiary/aromatic N) is 4. The van der Waals surface area contributed by atoms with E-state index in [0.29, 0.717) is 42.4 Å². The summed E-state index contributed by atoms with van der Waals surface area (Å²) < 4.78 is 20.4. The third kappa shape index (κ3) is 6.97. The fourth-order valence-corrected chi connectivity index (χ4v) is 9.57. The maximum Gasteiger partial charge on any atom is 0.255 e. The van der Waals surface area contributed by atoms with Crippen molar-refractivity contribution in [3.8, 4) is 11.5 Å². The van der Waals surface area contributed by atoms with Crippen molar-refractivity contribution in [1.29, 1.82) is 0 Å². The third-order valence-electron chi connectivity index (χ3n) is 12.8. The van der Waals surface area contributed by atoms with E-state index in [4.69, 9.17) is 4.74 Å². The molecule has 9 rings (SSSR count). The molecule has 3 fully saturated rings. The first-order valence-electron chi connectivity index (χ1n) is 20.0. The fraction of sp³-hybridized carbons (Fsp3) is 0.400. The van der Waals surface area contributed by atoms with E-state index >= 15 is 0 Å². The molecule has 3 amide bonds. The van der Waals surface area contributed by atoms with Gasteiger partial charge in [-0.25, -0.2) is 4.39 Å². The molecule has 3 atom stereocenters. The van der Waals surface area contributed by atoms with Crippen LogP contribution in [0.4, 0.5) is 15.8 Å². The number of carbonyl (C=O) groups is 3. The van der Waals surface area contributed by atoms with E-state index in [1.54, 1.807) is 30.0 Å². The normalized spacial score (nSPS) is 23.1. The first-order chi connectivity index (χ1) is 27.2. The number of amides is 3. The van der Waals surface area contributed by atoms with Crippen LogP contribution in [-0.2, 0) is 16.1 Å². The number of aromatic hydroxyl groups is 1. The molecule has 4 aromatic rings. The van der Waals surface area contributed by atoms with Crippen LogP contribution >= 0.6 is 0 Å². The first kappa shape index (κ1) is 36.2. The van der Waals surface area contributed by atoms with Gasteiger partial charge in [-0.2, -0.15) is 0 Å². The molecular formula is C45H48FN5O5. The highest BCUT2D eigenvalue weighted by molar-refractivity contribution is 6.05. The lowest BCUT2D eigenvalue weighted by Crippen LogP contribution is -2.52. The second-order valence-electron chi connectivity index (χ2n) is 16.2. The van der Waals surface area contributed by atoms with Crippen molar-refractivity contribution >= 4 is 29.1 Å². The summed E-state index contributed by atoms with van der Waals surface area (Å²) in [5.74, 6) is 0.530. The number of rotatable bonds is 7. The number of piperidine rings is 2. The summed E-state index contributed by atoms with van der Waals surface area (Å²) in [7, 11) is 0. The van der Waals surface area contributed by atoms with E-state index in [1.165, 1.54) is 11.3 Å². The van der Waals surface area contributed by atoms with Gasteiger partial charge in [0, 0.05) is 99.2 Å². The van der Waals surface area contributed by atoms with Crippen molar-refractivity contribution in [3.63, 3.8) is 0 Å². The summed E-state index contributed by atoms with van der Waals surface area (Å²) in [6, 6.07) is 25.1. The van der Waals surface area contributed by atoms with Gasteiger partial charge in [0.05, 0.1) is 6.61 Å². The van der Waals surface area contributed by atoms with Crippen LogP contribution in [0.15, 0.2) is 78.9 Å². The van der Waals surface area contributed by atoms with Gasteiger partial charge in [0.1, 0.15) is 23.4 Å². The van der Waals surface area contributed by atoms with Crippen molar-refractivity contribution in [2.45, 2.75) is 57.0 Å². The topological polar surface area (TPSA) is 106 Å². The Hall–Kier alpha value is -5.42. The van der Waals surface area contributed by atoms with Gasteiger partial charge in [-0.15, -0.1) is 0 Å². The van der Waals surface area contributed by atoms with Gasteiger partial charge in [-0.05, 0) is 96.8 Å². The minimum absolute atomic E-state index is 0.00621. The molecule has 0 aromatic heterocycles. The average Bonchev–Trinajstić information content (AvgIpc) is 3.54. The molecule has 5 heterocycles. The number of phenols is 1. The van der Waals surface area contributed by atoms with Crippen molar-refractivity contribution < 1.29 is 28.6 Å². The van der Waals surface area contributed by atoms with E-state index < -0.39 is 6.04 Å². The zero-order valence-electron chi connectivity index (χ0n) is 31.8. The molecule has 0 radical (unpaired) electrons. The minimum atomic E-state index is -0.599. The number of phenolic OH excluding ortho intramolecular Hbond substituents is 1. The zero-order chi connectivity index (χ0) is 38.5. The standard InChI is InChI=1S/C45H48FN5O5/c1-28-22-31(4-11-39(28)46)38-27-56-41-24-35(52)8-10-37(41)43(38)30-2-5-33(6-3-30)49-16-14-29(15-17-49)25-48-18-20-50(21-19-48)34-7-9-36-32(23-34)26-51(45(36)55)40-12-13-42(53)47-44(40)54/h2-11,22-24,29,38,40,43,52H,12-21,25-27H2,1H3,(H,47,53,54). The largest absolute Gasteiger partial charge is 0.508 e. The lowest BCUT2D eigenvalue weighted by molar-refractivity contribution is -0.136. The second-order valence-corrected chi connectivity index (χ2v) is 16.2. The molecule has 3 saturated heterocycles. The van der Waals surface area contributed by atoms with Crippen LogP contribution < -0.4 is 19.9 Å². The lowest BCUT2D eigenvalue weighted by atomic mass is 9.75. The first-order valence-corrected chi connectivity index (χ1v) is 20.0. The highest BCUT2D eigenvalue weighted by Crippen LogP contribution is 2.47. The van der Waals surface area contributed by atoms with Crippen molar-refractivity contribution in [2.24, 2.45) is 5.92 Å². The molecule has 11 heteroatoms. The Morgan fingerprint density at radius 2 is 1.54 bits per heavy atom. The third-order valence-corrected chi connectivity index (χ3v) is 12.8. The van der Waals surface area contributed by atoms with E-state index in [9.17, 15) is 23.9 Å². The van der Waals surface area contributed by atoms with Gasteiger partial charge >= 0.3 is 0 Å². The molecule has 290 valence electrons. The van der Waals surface area contributed by atoms with Crippen LogP contribution in [0, 0.1) is 18.7 Å². The smallest absolute Gasteiger partial charge is 0.255 e. The number of ether oxygens (including phenoxy) is 1. The van der Waals surface area contributed by atoms with Crippen molar-refractivity contribution in [1.82, 2.24) is 15.1 Å². The zero-order valence-corrected chi connectivity index (χ0v) is 31.8. The lowest BCUT2D eigenvalue weighted by Gasteiger charge is -2.40. The molecule has 2 N–H and O–H groups in total. The summed E-state index contributed by atoms with van der Waals surface area (Å²) in [5.41, 5.74) is 7.80. The minimum Gasteiger partial charge on any atom is -0.508 e. The maximum absolute atomic E-state index is 14.2. The molecule has 3 unspecified atom stereocenters. The Morgan fingerprint density at radius 1 is 0.804 bits per heavy atom. The van der Waals surface area contributed by atoms with Gasteiger partial charge in [-0.1, -0.05) is 30.3 Å². The summed E-state index contributed by atoms with van der Waals surface area (Å²) in [6.45, 7) is 9.61.